The molecule has 0 rings (SSSR count). The summed E-state index contributed by atoms with van der Waals surface area (Å²) in [4.78, 5) is 10.5. The molecule has 0 aliphatic rings. The van der Waals surface area contributed by atoms with Crippen LogP contribution in [0.5, 0.6) is 0 Å². The van der Waals surface area contributed by atoms with Crippen LogP contribution >= 0.6 is 8.03 Å². The third kappa shape index (κ3) is 4.41. The molecular weight excluding hydrogens is 155 g/mol. The fourth-order valence-electron chi connectivity index (χ4n) is 0.377. The number of esters is 1. The largest absolute Gasteiger partial charge is 0.519 e. The van der Waals surface area contributed by atoms with E-state index in [1.165, 1.54) is 7.11 Å². The first-order valence-corrected chi connectivity index (χ1v) is 4.21. The Hall–Kier alpha value is -0.470. The minimum absolute atomic E-state index is 0.153. The lowest BCUT2D eigenvalue weighted by molar-refractivity contribution is -0.140. The van der Waals surface area contributed by atoms with Gasteiger partial charge in [0.1, 0.15) is 0 Å². The number of rotatable bonds is 4. The van der Waals surface area contributed by atoms with Gasteiger partial charge < -0.3 is 4.74 Å². The fraction of sp³-hybridized carbons (Fsp3) is 0.800. The SMILES string of the molecule is CCOC(=O)C[P+](=O)OC. The Kier molecular flexibility index (Phi) is 5.08. The molecule has 1 atom stereocenters. The van der Waals surface area contributed by atoms with Crippen molar-refractivity contribution in [3.63, 3.8) is 0 Å². The van der Waals surface area contributed by atoms with E-state index in [0.717, 1.165) is 0 Å². The molecule has 0 aliphatic heterocycles. The molecule has 4 nitrogen and oxygen atoms in total. The first-order valence-electron chi connectivity index (χ1n) is 2.85. The summed E-state index contributed by atoms with van der Waals surface area (Å²) in [7, 11) is -0.564. The van der Waals surface area contributed by atoms with Crippen molar-refractivity contribution >= 4 is 14.0 Å². The Bertz CT molecular complexity index is 134. The lowest BCUT2D eigenvalue weighted by Gasteiger charge is -1.91. The van der Waals surface area contributed by atoms with Gasteiger partial charge >= 0.3 is 14.0 Å². The van der Waals surface area contributed by atoms with Gasteiger partial charge in [-0.25, -0.2) is 4.79 Å². The average Bonchev–Trinajstić information content (AvgIpc) is 1.88. The van der Waals surface area contributed by atoms with Crippen molar-refractivity contribution in [3.8, 4) is 0 Å². The van der Waals surface area contributed by atoms with Gasteiger partial charge in [-0.3, -0.25) is 0 Å². The van der Waals surface area contributed by atoms with Crippen LogP contribution < -0.4 is 0 Å². The standard InChI is InChI=1S/C5H10O4P/c1-3-9-5(6)4-10(7)8-2/h3-4H2,1-2H3/q+1. The minimum atomic E-state index is -1.85. The molecule has 0 aromatic rings. The van der Waals surface area contributed by atoms with Gasteiger partial charge in [0, 0.05) is 0 Å². The molecule has 5 heteroatoms. The molecule has 58 valence electrons. The minimum Gasteiger partial charge on any atom is -0.463 e. The van der Waals surface area contributed by atoms with Crippen LogP contribution in [0.1, 0.15) is 6.92 Å². The summed E-state index contributed by atoms with van der Waals surface area (Å²) in [6.45, 7) is 2.00. The number of carbonyl (C=O) groups is 1. The third-order valence-electron chi connectivity index (χ3n) is 0.767. The zero-order chi connectivity index (χ0) is 7.98. The highest BCUT2D eigenvalue weighted by Crippen LogP contribution is 2.19. The summed E-state index contributed by atoms with van der Waals surface area (Å²) in [5.41, 5.74) is 0. The summed E-state index contributed by atoms with van der Waals surface area (Å²) < 4.78 is 19.4. The highest BCUT2D eigenvalue weighted by molar-refractivity contribution is 7.40. The molecular formula is C5H10O4P+. The number of carbonyl (C=O) groups excluding carboxylic acids is 1. The van der Waals surface area contributed by atoms with Crippen molar-refractivity contribution in [1.82, 2.24) is 0 Å². The Labute approximate surface area is 60.4 Å². The van der Waals surface area contributed by atoms with Gasteiger partial charge in [0.15, 0.2) is 0 Å². The second-order valence-corrected chi connectivity index (χ2v) is 2.83. The molecule has 0 heterocycles. The number of hydrogen-bond acceptors (Lipinski definition) is 4. The maximum absolute atomic E-state index is 10.5. The van der Waals surface area contributed by atoms with Crippen LogP contribution in [0.25, 0.3) is 0 Å². The molecule has 0 aromatic heterocycles. The molecule has 0 N–H and O–H groups in total. The smallest absolute Gasteiger partial charge is 0.463 e. The molecule has 0 fully saturated rings. The van der Waals surface area contributed by atoms with Crippen LogP contribution in [0, 0.1) is 0 Å². The summed E-state index contributed by atoms with van der Waals surface area (Å²) in [6, 6.07) is 0. The van der Waals surface area contributed by atoms with Crippen LogP contribution in [-0.2, 0) is 18.6 Å². The van der Waals surface area contributed by atoms with Crippen LogP contribution in [0.15, 0.2) is 0 Å². The molecule has 1 unspecified atom stereocenters. The topological polar surface area (TPSA) is 52.6 Å². The molecule has 0 saturated heterocycles. The normalized spacial score (nSPS) is 10.8. The van der Waals surface area contributed by atoms with Crippen molar-refractivity contribution in [1.29, 1.82) is 0 Å². The van der Waals surface area contributed by atoms with Crippen LogP contribution in [-0.4, -0.2) is 25.8 Å². The quantitative estimate of drug-likeness (QED) is 0.459. The summed E-state index contributed by atoms with van der Waals surface area (Å²) in [6.07, 6.45) is -0.153. The van der Waals surface area contributed by atoms with E-state index in [4.69, 9.17) is 0 Å². The van der Waals surface area contributed by atoms with Crippen molar-refractivity contribution < 1.29 is 18.6 Å². The van der Waals surface area contributed by atoms with E-state index in [1.807, 2.05) is 0 Å². The predicted molar refractivity (Wildman–Crippen MR) is 36.1 cm³/mol. The summed E-state index contributed by atoms with van der Waals surface area (Å²) >= 11 is 0. The van der Waals surface area contributed by atoms with Crippen molar-refractivity contribution in [2.45, 2.75) is 6.92 Å². The monoisotopic (exact) mass is 165 g/mol. The van der Waals surface area contributed by atoms with Crippen molar-refractivity contribution in [3.05, 3.63) is 0 Å². The summed E-state index contributed by atoms with van der Waals surface area (Å²) in [5, 5.41) is 0. The van der Waals surface area contributed by atoms with Crippen LogP contribution in [0.3, 0.4) is 0 Å². The molecule has 0 saturated carbocycles. The second kappa shape index (κ2) is 5.33. The highest BCUT2D eigenvalue weighted by atomic mass is 31.1. The van der Waals surface area contributed by atoms with E-state index >= 15 is 0 Å². The van der Waals surface area contributed by atoms with Gasteiger partial charge in [0.2, 0.25) is 0 Å². The van der Waals surface area contributed by atoms with Gasteiger partial charge in [0.25, 0.3) is 6.16 Å². The fourth-order valence-corrected chi connectivity index (χ4v) is 0.808. The molecule has 0 aliphatic carbocycles. The third-order valence-corrected chi connectivity index (χ3v) is 1.69. The zero-order valence-electron chi connectivity index (χ0n) is 5.99. The average molecular weight is 165 g/mol. The Morgan fingerprint density at radius 3 is 2.60 bits per heavy atom. The first-order chi connectivity index (χ1) is 4.70. The predicted octanol–water partition coefficient (Wildman–Crippen LogP) is 0.938. The first kappa shape index (κ1) is 9.53. The zero-order valence-corrected chi connectivity index (χ0v) is 6.89. The Morgan fingerprint density at radius 2 is 2.20 bits per heavy atom. The molecule has 0 bridgehead atoms. The van der Waals surface area contributed by atoms with E-state index in [2.05, 4.69) is 9.26 Å². The number of ether oxygens (including phenoxy) is 1. The maximum Gasteiger partial charge on any atom is 0.519 e. The molecule has 0 aromatic carbocycles. The van der Waals surface area contributed by atoms with Gasteiger partial charge in [-0.1, -0.05) is 0 Å². The van der Waals surface area contributed by atoms with Crippen LogP contribution in [0.4, 0.5) is 0 Å². The second-order valence-electron chi connectivity index (χ2n) is 1.48. The maximum atomic E-state index is 10.5. The summed E-state index contributed by atoms with van der Waals surface area (Å²) in [5.74, 6) is -0.481. The van der Waals surface area contributed by atoms with E-state index in [0.29, 0.717) is 6.61 Å². The van der Waals surface area contributed by atoms with Crippen molar-refractivity contribution in [2.24, 2.45) is 0 Å². The Morgan fingerprint density at radius 1 is 1.60 bits per heavy atom. The highest BCUT2D eigenvalue weighted by Gasteiger charge is 2.21. The Balaban J connectivity index is 3.47. The van der Waals surface area contributed by atoms with Crippen molar-refractivity contribution in [2.75, 3.05) is 19.9 Å². The molecule has 0 radical (unpaired) electrons. The van der Waals surface area contributed by atoms with Gasteiger partial charge in [-0.2, -0.15) is 0 Å². The molecule has 10 heavy (non-hydrogen) atoms. The van der Waals surface area contributed by atoms with E-state index in [9.17, 15) is 9.36 Å². The van der Waals surface area contributed by atoms with Crippen LogP contribution in [0.2, 0.25) is 0 Å². The lowest BCUT2D eigenvalue weighted by Crippen LogP contribution is -2.06. The van der Waals surface area contributed by atoms with Gasteiger partial charge in [-0.05, 0) is 11.5 Å². The van der Waals surface area contributed by atoms with Gasteiger partial charge in [-0.15, -0.1) is 4.52 Å². The van der Waals surface area contributed by atoms with Gasteiger partial charge in [0.05, 0.1) is 13.7 Å². The number of hydrogen-bond donors (Lipinski definition) is 0. The van der Waals surface area contributed by atoms with E-state index in [-0.39, 0.29) is 6.16 Å². The molecule has 0 amide bonds. The van der Waals surface area contributed by atoms with E-state index < -0.39 is 14.0 Å². The lowest BCUT2D eigenvalue weighted by atomic mass is 10.8. The molecule has 0 spiro atoms. The van der Waals surface area contributed by atoms with E-state index in [1.54, 1.807) is 6.92 Å².